The number of benzene rings is 1. The van der Waals surface area contributed by atoms with Crippen LogP contribution in [-0.2, 0) is 20.7 Å². The maximum Gasteiger partial charge on any atom is 0.316 e. The third-order valence-corrected chi connectivity index (χ3v) is 2.81. The van der Waals surface area contributed by atoms with Crippen molar-refractivity contribution in [1.82, 2.24) is 0 Å². The summed E-state index contributed by atoms with van der Waals surface area (Å²) in [6.07, 6.45) is 1.31. The van der Waals surface area contributed by atoms with Gasteiger partial charge < -0.3 is 9.47 Å². The summed E-state index contributed by atoms with van der Waals surface area (Å²) in [4.78, 5) is 22.9. The molecule has 0 aliphatic rings. The van der Waals surface area contributed by atoms with Crippen molar-refractivity contribution < 1.29 is 19.1 Å². The smallest absolute Gasteiger partial charge is 0.316 e. The fourth-order valence-corrected chi connectivity index (χ4v) is 1.71. The van der Waals surface area contributed by atoms with E-state index in [1.807, 2.05) is 31.2 Å². The van der Waals surface area contributed by atoms with Gasteiger partial charge in [0.1, 0.15) is 17.5 Å². The average molecular weight is 264 g/mol. The highest BCUT2D eigenvalue weighted by atomic mass is 16.5. The maximum absolute atomic E-state index is 11.5. The molecule has 0 amide bonds. The van der Waals surface area contributed by atoms with Gasteiger partial charge in [0.2, 0.25) is 0 Å². The lowest BCUT2D eigenvalue weighted by Gasteiger charge is -2.12. The van der Waals surface area contributed by atoms with Gasteiger partial charge in [0, 0.05) is 0 Å². The number of ketones is 1. The standard InChI is InChI=1S/C15H20O4/c1-4-9-19-13-7-5-12(6-8-13)10-14(11(2)16)15(17)18-3/h5-8,14H,4,9-10H2,1-3H3. The highest BCUT2D eigenvalue weighted by Crippen LogP contribution is 2.16. The number of ether oxygens (including phenoxy) is 2. The molecule has 4 nitrogen and oxygen atoms in total. The first-order valence-corrected chi connectivity index (χ1v) is 6.38. The Morgan fingerprint density at radius 1 is 1.21 bits per heavy atom. The molecular formula is C15H20O4. The fraction of sp³-hybridized carbons (Fsp3) is 0.467. The molecular weight excluding hydrogens is 244 g/mol. The Hall–Kier alpha value is -1.84. The second kappa shape index (κ2) is 7.56. The first kappa shape index (κ1) is 15.2. The van der Waals surface area contributed by atoms with Gasteiger partial charge in [-0.15, -0.1) is 0 Å². The van der Waals surface area contributed by atoms with Crippen molar-refractivity contribution in [3.8, 4) is 5.75 Å². The predicted molar refractivity (Wildman–Crippen MR) is 72.1 cm³/mol. The van der Waals surface area contributed by atoms with Crippen molar-refractivity contribution in [2.24, 2.45) is 5.92 Å². The van der Waals surface area contributed by atoms with E-state index in [4.69, 9.17) is 4.74 Å². The number of carbonyl (C=O) groups excluding carboxylic acids is 2. The van der Waals surface area contributed by atoms with E-state index in [-0.39, 0.29) is 5.78 Å². The van der Waals surface area contributed by atoms with Gasteiger partial charge >= 0.3 is 5.97 Å². The summed E-state index contributed by atoms with van der Waals surface area (Å²) in [7, 11) is 1.29. The van der Waals surface area contributed by atoms with Crippen LogP contribution in [0.1, 0.15) is 25.8 Å². The van der Waals surface area contributed by atoms with Gasteiger partial charge in [-0.3, -0.25) is 9.59 Å². The molecule has 0 N–H and O–H groups in total. The van der Waals surface area contributed by atoms with Gasteiger partial charge in [-0.2, -0.15) is 0 Å². The minimum atomic E-state index is -0.729. The third-order valence-electron chi connectivity index (χ3n) is 2.81. The second-order valence-electron chi connectivity index (χ2n) is 4.38. The van der Waals surface area contributed by atoms with E-state index in [0.29, 0.717) is 13.0 Å². The Balaban J connectivity index is 2.69. The molecule has 0 saturated heterocycles. The van der Waals surface area contributed by atoms with Crippen LogP contribution in [0.3, 0.4) is 0 Å². The van der Waals surface area contributed by atoms with Crippen molar-refractivity contribution in [1.29, 1.82) is 0 Å². The lowest BCUT2D eigenvalue weighted by Crippen LogP contribution is -2.25. The summed E-state index contributed by atoms with van der Waals surface area (Å²) in [5, 5.41) is 0. The molecule has 1 aromatic carbocycles. The number of hydrogen-bond donors (Lipinski definition) is 0. The van der Waals surface area contributed by atoms with Crippen LogP contribution < -0.4 is 4.74 Å². The molecule has 0 aliphatic carbocycles. The summed E-state index contributed by atoms with van der Waals surface area (Å²) >= 11 is 0. The molecule has 0 heterocycles. The zero-order chi connectivity index (χ0) is 14.3. The second-order valence-corrected chi connectivity index (χ2v) is 4.38. The molecule has 104 valence electrons. The van der Waals surface area contributed by atoms with Crippen molar-refractivity contribution in [2.45, 2.75) is 26.7 Å². The first-order chi connectivity index (χ1) is 9.08. The minimum Gasteiger partial charge on any atom is -0.494 e. The average Bonchev–Trinajstić information content (AvgIpc) is 2.42. The third kappa shape index (κ3) is 4.73. The number of Topliss-reactive ketones (excluding diaryl/α,β-unsaturated/α-hetero) is 1. The summed E-state index contributed by atoms with van der Waals surface area (Å²) < 4.78 is 10.1. The van der Waals surface area contributed by atoms with Crippen molar-refractivity contribution in [3.63, 3.8) is 0 Å². The van der Waals surface area contributed by atoms with Gasteiger partial charge in [0.25, 0.3) is 0 Å². The van der Waals surface area contributed by atoms with Crippen LogP contribution >= 0.6 is 0 Å². The molecule has 1 aromatic rings. The Morgan fingerprint density at radius 3 is 2.32 bits per heavy atom. The van der Waals surface area contributed by atoms with Gasteiger partial charge in [0.05, 0.1) is 13.7 Å². The quantitative estimate of drug-likeness (QED) is 0.560. The van der Waals surface area contributed by atoms with Crippen LogP contribution in [0.25, 0.3) is 0 Å². The van der Waals surface area contributed by atoms with E-state index in [2.05, 4.69) is 4.74 Å². The van der Waals surface area contributed by atoms with E-state index in [1.54, 1.807) is 0 Å². The molecule has 0 saturated carbocycles. The van der Waals surface area contributed by atoms with Crippen LogP contribution in [0.5, 0.6) is 5.75 Å². The molecule has 1 atom stereocenters. The summed E-state index contributed by atoms with van der Waals surface area (Å²) in [5.41, 5.74) is 0.912. The van der Waals surface area contributed by atoms with Crippen molar-refractivity contribution >= 4 is 11.8 Å². The Morgan fingerprint density at radius 2 is 1.84 bits per heavy atom. The molecule has 0 fully saturated rings. The summed E-state index contributed by atoms with van der Waals surface area (Å²) in [6.45, 7) is 4.13. The highest BCUT2D eigenvalue weighted by molar-refractivity contribution is 5.97. The molecule has 1 rings (SSSR count). The minimum absolute atomic E-state index is 0.182. The van der Waals surface area contributed by atoms with Crippen molar-refractivity contribution in [2.75, 3.05) is 13.7 Å². The van der Waals surface area contributed by atoms with Gasteiger partial charge in [-0.05, 0) is 37.5 Å². The maximum atomic E-state index is 11.5. The highest BCUT2D eigenvalue weighted by Gasteiger charge is 2.24. The zero-order valence-electron chi connectivity index (χ0n) is 11.6. The van der Waals surface area contributed by atoms with Crippen LogP contribution in [-0.4, -0.2) is 25.5 Å². The Kier molecular flexibility index (Phi) is 6.06. The molecule has 0 aliphatic heterocycles. The number of methoxy groups -OCH3 is 1. The number of hydrogen-bond acceptors (Lipinski definition) is 4. The summed E-state index contributed by atoms with van der Waals surface area (Å²) in [6, 6.07) is 7.42. The van der Waals surface area contributed by atoms with Gasteiger partial charge in [-0.25, -0.2) is 0 Å². The number of rotatable bonds is 7. The van der Waals surface area contributed by atoms with E-state index >= 15 is 0 Å². The molecule has 0 aromatic heterocycles. The lowest BCUT2D eigenvalue weighted by molar-refractivity contribution is -0.148. The molecule has 4 heteroatoms. The van der Waals surface area contributed by atoms with E-state index in [0.717, 1.165) is 17.7 Å². The van der Waals surface area contributed by atoms with Crippen LogP contribution in [0.2, 0.25) is 0 Å². The topological polar surface area (TPSA) is 52.6 Å². The monoisotopic (exact) mass is 264 g/mol. The molecule has 0 spiro atoms. The van der Waals surface area contributed by atoms with Crippen LogP contribution in [0, 0.1) is 5.92 Å². The Bertz CT molecular complexity index is 422. The predicted octanol–water partition coefficient (Wildman–Crippen LogP) is 2.40. The molecule has 0 radical (unpaired) electrons. The molecule has 0 bridgehead atoms. The fourth-order valence-electron chi connectivity index (χ4n) is 1.71. The Labute approximate surface area is 113 Å². The SMILES string of the molecule is CCCOc1ccc(CC(C(C)=O)C(=O)OC)cc1. The van der Waals surface area contributed by atoms with Crippen molar-refractivity contribution in [3.05, 3.63) is 29.8 Å². The normalized spacial score (nSPS) is 11.7. The zero-order valence-corrected chi connectivity index (χ0v) is 11.6. The largest absolute Gasteiger partial charge is 0.494 e. The van der Waals surface area contributed by atoms with E-state index in [9.17, 15) is 9.59 Å². The lowest BCUT2D eigenvalue weighted by atomic mass is 9.96. The van der Waals surface area contributed by atoms with Crippen LogP contribution in [0.15, 0.2) is 24.3 Å². The van der Waals surface area contributed by atoms with Gasteiger partial charge in [0.15, 0.2) is 0 Å². The van der Waals surface area contributed by atoms with E-state index < -0.39 is 11.9 Å². The first-order valence-electron chi connectivity index (χ1n) is 6.38. The summed E-state index contributed by atoms with van der Waals surface area (Å²) in [5.74, 6) is -0.604. The molecule has 19 heavy (non-hydrogen) atoms. The van der Waals surface area contributed by atoms with Crippen LogP contribution in [0.4, 0.5) is 0 Å². The number of esters is 1. The van der Waals surface area contributed by atoms with Gasteiger partial charge in [-0.1, -0.05) is 19.1 Å². The number of carbonyl (C=O) groups is 2. The van der Waals surface area contributed by atoms with E-state index in [1.165, 1.54) is 14.0 Å². The molecule has 1 unspecified atom stereocenters.